The first-order valence-electron chi connectivity index (χ1n) is 6.22. The number of aryl methyl sites for hydroxylation is 1. The molecule has 100 valence electrons. The molecule has 0 aliphatic heterocycles. The molecule has 0 aliphatic carbocycles. The van der Waals surface area contributed by atoms with Gasteiger partial charge < -0.3 is 15.2 Å². The van der Waals surface area contributed by atoms with Crippen LogP contribution in [0, 0.1) is 6.92 Å². The number of methoxy groups -OCH3 is 2. The van der Waals surface area contributed by atoms with E-state index in [1.807, 2.05) is 18.2 Å². The van der Waals surface area contributed by atoms with Gasteiger partial charge in [0.05, 0.1) is 14.2 Å². The third-order valence-corrected chi connectivity index (χ3v) is 3.23. The predicted octanol–water partition coefficient (Wildman–Crippen LogP) is 3.14. The minimum absolute atomic E-state index is 0.416. The van der Waals surface area contributed by atoms with Crippen LogP contribution in [0.15, 0.2) is 36.4 Å². The van der Waals surface area contributed by atoms with Crippen molar-refractivity contribution < 1.29 is 9.47 Å². The van der Waals surface area contributed by atoms with Gasteiger partial charge >= 0.3 is 0 Å². The van der Waals surface area contributed by atoms with E-state index in [0.29, 0.717) is 18.0 Å². The van der Waals surface area contributed by atoms with Gasteiger partial charge in [0.25, 0.3) is 0 Å². The lowest BCUT2D eigenvalue weighted by Crippen LogP contribution is -2.02. The second-order valence-electron chi connectivity index (χ2n) is 4.39. The predicted molar refractivity (Wildman–Crippen MR) is 77.6 cm³/mol. The highest BCUT2D eigenvalue weighted by atomic mass is 16.5. The van der Waals surface area contributed by atoms with Crippen molar-refractivity contribution in [2.45, 2.75) is 13.5 Å². The maximum absolute atomic E-state index is 5.80. The average molecular weight is 257 g/mol. The van der Waals surface area contributed by atoms with Gasteiger partial charge in [-0.25, -0.2) is 0 Å². The Labute approximate surface area is 114 Å². The smallest absolute Gasteiger partial charge is 0.165 e. The number of benzene rings is 2. The van der Waals surface area contributed by atoms with Crippen molar-refractivity contribution in [3.05, 3.63) is 47.5 Å². The number of hydrogen-bond donors (Lipinski definition) is 1. The molecule has 0 spiro atoms. The Kier molecular flexibility index (Phi) is 4.07. The molecule has 0 fully saturated rings. The molecule has 0 radical (unpaired) electrons. The van der Waals surface area contributed by atoms with E-state index in [9.17, 15) is 0 Å². The van der Waals surface area contributed by atoms with Gasteiger partial charge in [-0.3, -0.25) is 0 Å². The molecule has 0 saturated heterocycles. The Morgan fingerprint density at radius 1 is 1.05 bits per heavy atom. The van der Waals surface area contributed by atoms with Crippen LogP contribution in [-0.2, 0) is 6.54 Å². The Bertz CT molecular complexity index is 554. The highest BCUT2D eigenvalue weighted by Crippen LogP contribution is 2.36. The quantitative estimate of drug-likeness (QED) is 0.915. The topological polar surface area (TPSA) is 44.5 Å². The summed E-state index contributed by atoms with van der Waals surface area (Å²) in [5.74, 6) is 1.42. The van der Waals surface area contributed by atoms with Gasteiger partial charge in [-0.2, -0.15) is 0 Å². The number of nitrogens with two attached hydrogens (primary N) is 1. The Hall–Kier alpha value is -2.00. The minimum Gasteiger partial charge on any atom is -0.493 e. The lowest BCUT2D eigenvalue weighted by Gasteiger charge is -2.15. The molecule has 2 N–H and O–H groups in total. The van der Waals surface area contributed by atoms with Crippen molar-refractivity contribution in [3.63, 3.8) is 0 Å². The Morgan fingerprint density at radius 2 is 1.79 bits per heavy atom. The largest absolute Gasteiger partial charge is 0.493 e. The van der Waals surface area contributed by atoms with Gasteiger partial charge in [0.1, 0.15) is 0 Å². The Balaban J connectivity index is 2.63. The maximum Gasteiger partial charge on any atom is 0.165 e. The normalized spacial score (nSPS) is 10.3. The molecule has 2 rings (SSSR count). The van der Waals surface area contributed by atoms with Crippen molar-refractivity contribution in [1.82, 2.24) is 0 Å². The van der Waals surface area contributed by atoms with E-state index in [0.717, 1.165) is 11.1 Å². The fraction of sp³-hybridized carbons (Fsp3) is 0.250. The molecule has 2 aromatic rings. The van der Waals surface area contributed by atoms with Crippen molar-refractivity contribution in [1.29, 1.82) is 0 Å². The van der Waals surface area contributed by atoms with Gasteiger partial charge in [-0.1, -0.05) is 24.3 Å². The first-order valence-corrected chi connectivity index (χ1v) is 6.22. The van der Waals surface area contributed by atoms with Crippen LogP contribution < -0.4 is 15.2 Å². The van der Waals surface area contributed by atoms with Crippen molar-refractivity contribution >= 4 is 0 Å². The highest BCUT2D eigenvalue weighted by Gasteiger charge is 2.13. The summed E-state index contributed by atoms with van der Waals surface area (Å²) in [7, 11) is 3.27. The summed E-state index contributed by atoms with van der Waals surface area (Å²) in [5.41, 5.74) is 10.2. The van der Waals surface area contributed by atoms with Crippen molar-refractivity contribution in [3.8, 4) is 22.6 Å². The first kappa shape index (κ1) is 13.4. The molecule has 19 heavy (non-hydrogen) atoms. The maximum atomic E-state index is 5.80. The Morgan fingerprint density at radius 3 is 2.37 bits per heavy atom. The molecule has 2 aromatic carbocycles. The van der Waals surface area contributed by atoms with Gasteiger partial charge in [-0.05, 0) is 35.7 Å². The summed E-state index contributed by atoms with van der Waals surface area (Å²) < 4.78 is 10.8. The first-order chi connectivity index (χ1) is 9.21. The number of rotatable bonds is 4. The molecule has 0 amide bonds. The van der Waals surface area contributed by atoms with E-state index in [-0.39, 0.29) is 0 Å². The van der Waals surface area contributed by atoms with Crippen LogP contribution in [0.2, 0.25) is 0 Å². The summed E-state index contributed by atoms with van der Waals surface area (Å²) in [6.07, 6.45) is 0. The molecule has 0 aromatic heterocycles. The number of hydrogen-bond acceptors (Lipinski definition) is 3. The van der Waals surface area contributed by atoms with E-state index in [1.54, 1.807) is 14.2 Å². The molecular weight excluding hydrogens is 238 g/mol. The molecule has 0 saturated carbocycles. The molecular formula is C16H19NO2. The SMILES string of the molecule is COc1cc(-c2ccccc2C)cc(CN)c1OC. The molecule has 3 heteroatoms. The van der Waals surface area contributed by atoms with Crippen LogP contribution in [0.4, 0.5) is 0 Å². The van der Waals surface area contributed by atoms with Gasteiger partial charge in [0, 0.05) is 12.1 Å². The second kappa shape index (κ2) is 5.76. The van der Waals surface area contributed by atoms with E-state index < -0.39 is 0 Å². The third-order valence-electron chi connectivity index (χ3n) is 3.23. The molecule has 0 atom stereocenters. The monoisotopic (exact) mass is 257 g/mol. The zero-order valence-corrected chi connectivity index (χ0v) is 11.6. The summed E-state index contributed by atoms with van der Waals surface area (Å²) in [6.45, 7) is 2.51. The standard InChI is InChI=1S/C16H19NO2/c1-11-6-4-5-7-14(11)12-8-13(10-17)16(19-3)15(9-12)18-2/h4-9H,10,17H2,1-3H3. The van der Waals surface area contributed by atoms with Crippen LogP contribution in [0.3, 0.4) is 0 Å². The van der Waals surface area contributed by atoms with Crippen LogP contribution in [0.1, 0.15) is 11.1 Å². The molecule has 0 aliphatic rings. The third kappa shape index (κ3) is 2.56. The van der Waals surface area contributed by atoms with E-state index in [2.05, 4.69) is 25.1 Å². The average Bonchev–Trinajstić information content (AvgIpc) is 2.46. The van der Waals surface area contributed by atoms with Crippen LogP contribution in [0.5, 0.6) is 11.5 Å². The van der Waals surface area contributed by atoms with E-state index >= 15 is 0 Å². The number of ether oxygens (including phenoxy) is 2. The van der Waals surface area contributed by atoms with Gasteiger partial charge in [0.2, 0.25) is 0 Å². The summed E-state index contributed by atoms with van der Waals surface area (Å²) in [6, 6.07) is 12.3. The zero-order chi connectivity index (χ0) is 13.8. The molecule has 3 nitrogen and oxygen atoms in total. The highest BCUT2D eigenvalue weighted by molar-refractivity contribution is 5.71. The zero-order valence-electron chi connectivity index (χ0n) is 11.6. The lowest BCUT2D eigenvalue weighted by atomic mass is 9.98. The molecule has 0 unspecified atom stereocenters. The fourth-order valence-electron chi connectivity index (χ4n) is 2.25. The van der Waals surface area contributed by atoms with Gasteiger partial charge in [-0.15, -0.1) is 0 Å². The summed E-state index contributed by atoms with van der Waals surface area (Å²) in [4.78, 5) is 0. The van der Waals surface area contributed by atoms with Crippen molar-refractivity contribution in [2.75, 3.05) is 14.2 Å². The molecule has 0 heterocycles. The van der Waals surface area contributed by atoms with Crippen molar-refractivity contribution in [2.24, 2.45) is 5.73 Å². The van der Waals surface area contributed by atoms with Gasteiger partial charge in [0.15, 0.2) is 11.5 Å². The van der Waals surface area contributed by atoms with E-state index in [4.69, 9.17) is 15.2 Å². The van der Waals surface area contributed by atoms with Crippen LogP contribution in [-0.4, -0.2) is 14.2 Å². The molecule has 0 bridgehead atoms. The summed E-state index contributed by atoms with van der Waals surface area (Å²) >= 11 is 0. The van der Waals surface area contributed by atoms with E-state index in [1.165, 1.54) is 11.1 Å². The lowest BCUT2D eigenvalue weighted by molar-refractivity contribution is 0.352. The summed E-state index contributed by atoms with van der Waals surface area (Å²) in [5, 5.41) is 0. The minimum atomic E-state index is 0.416. The van der Waals surface area contributed by atoms with Crippen LogP contribution >= 0.6 is 0 Å². The van der Waals surface area contributed by atoms with Crippen LogP contribution in [0.25, 0.3) is 11.1 Å². The fourth-order valence-corrected chi connectivity index (χ4v) is 2.25. The second-order valence-corrected chi connectivity index (χ2v) is 4.39.